The highest BCUT2D eigenvalue weighted by Crippen LogP contribution is 2.35. The van der Waals surface area contributed by atoms with Crippen LogP contribution in [0.25, 0.3) is 0 Å². The van der Waals surface area contributed by atoms with Gasteiger partial charge in [0.2, 0.25) is 0 Å². The van der Waals surface area contributed by atoms with Gasteiger partial charge in [-0.15, -0.1) is 0 Å². The first-order valence-corrected chi connectivity index (χ1v) is 5.32. The molecular weight excluding hydrogens is 164 g/mol. The van der Waals surface area contributed by atoms with Crippen LogP contribution in [-0.2, 0) is 4.79 Å². The van der Waals surface area contributed by atoms with Crippen LogP contribution >= 0.6 is 0 Å². The van der Waals surface area contributed by atoms with Crippen molar-refractivity contribution in [3.8, 4) is 0 Å². The lowest BCUT2D eigenvalue weighted by molar-refractivity contribution is -0.142. The highest BCUT2D eigenvalue weighted by Gasteiger charge is 2.25. The van der Waals surface area contributed by atoms with Crippen LogP contribution in [0.4, 0.5) is 0 Å². The predicted molar refractivity (Wildman–Crippen MR) is 52.5 cm³/mol. The molecule has 1 unspecified atom stereocenters. The maximum Gasteiger partial charge on any atom is 0.306 e. The summed E-state index contributed by atoms with van der Waals surface area (Å²) in [5.41, 5.74) is 0. The van der Waals surface area contributed by atoms with E-state index in [0.717, 1.165) is 25.2 Å². The second-order valence-electron chi connectivity index (χ2n) is 4.69. The van der Waals surface area contributed by atoms with E-state index in [2.05, 4.69) is 13.8 Å². The van der Waals surface area contributed by atoms with Crippen molar-refractivity contribution in [2.24, 2.45) is 17.8 Å². The van der Waals surface area contributed by atoms with Crippen molar-refractivity contribution < 1.29 is 9.90 Å². The molecular formula is C11H20O2. The Morgan fingerprint density at radius 3 is 2.46 bits per heavy atom. The number of aliphatic carboxylic acids is 1. The standard InChI is InChI=1S/C11H20O2/c1-8(2)7-10(11(12)13)6-5-9-3-4-9/h8-10H,3-7H2,1-2H3,(H,12,13). The van der Waals surface area contributed by atoms with Gasteiger partial charge in [0.15, 0.2) is 0 Å². The van der Waals surface area contributed by atoms with Crippen LogP contribution in [0.15, 0.2) is 0 Å². The highest BCUT2D eigenvalue weighted by molar-refractivity contribution is 5.69. The summed E-state index contributed by atoms with van der Waals surface area (Å²) in [6.07, 6.45) is 5.51. The average Bonchev–Trinajstić information content (AvgIpc) is 2.79. The Kier molecular flexibility index (Phi) is 3.76. The second kappa shape index (κ2) is 4.64. The van der Waals surface area contributed by atoms with Gasteiger partial charge < -0.3 is 5.11 Å². The lowest BCUT2D eigenvalue weighted by Crippen LogP contribution is -2.16. The van der Waals surface area contributed by atoms with Crippen LogP contribution < -0.4 is 0 Å². The van der Waals surface area contributed by atoms with Gasteiger partial charge in [-0.3, -0.25) is 4.79 Å². The summed E-state index contributed by atoms with van der Waals surface area (Å²) in [5, 5.41) is 8.96. The molecule has 1 rings (SSSR count). The summed E-state index contributed by atoms with van der Waals surface area (Å²) in [5.74, 6) is 0.657. The Morgan fingerprint density at radius 2 is 2.08 bits per heavy atom. The lowest BCUT2D eigenvalue weighted by atomic mass is 9.92. The van der Waals surface area contributed by atoms with Gasteiger partial charge in [-0.05, 0) is 31.1 Å². The minimum Gasteiger partial charge on any atom is -0.481 e. The van der Waals surface area contributed by atoms with E-state index in [0.29, 0.717) is 5.92 Å². The molecule has 1 aliphatic rings. The van der Waals surface area contributed by atoms with E-state index in [9.17, 15) is 4.79 Å². The van der Waals surface area contributed by atoms with Crippen LogP contribution in [-0.4, -0.2) is 11.1 Å². The summed E-state index contributed by atoms with van der Waals surface area (Å²) in [4.78, 5) is 10.9. The van der Waals surface area contributed by atoms with Gasteiger partial charge in [0.25, 0.3) is 0 Å². The third kappa shape index (κ3) is 4.30. The van der Waals surface area contributed by atoms with Crippen molar-refractivity contribution in [2.45, 2.75) is 46.0 Å². The summed E-state index contributed by atoms with van der Waals surface area (Å²) < 4.78 is 0. The molecule has 2 nitrogen and oxygen atoms in total. The molecule has 0 amide bonds. The summed E-state index contributed by atoms with van der Waals surface area (Å²) in [6.45, 7) is 4.18. The van der Waals surface area contributed by atoms with E-state index in [1.165, 1.54) is 12.8 Å². The summed E-state index contributed by atoms with van der Waals surface area (Å²) in [6, 6.07) is 0. The summed E-state index contributed by atoms with van der Waals surface area (Å²) in [7, 11) is 0. The van der Waals surface area contributed by atoms with Crippen LogP contribution in [0.5, 0.6) is 0 Å². The molecule has 0 aromatic carbocycles. The van der Waals surface area contributed by atoms with E-state index in [1.54, 1.807) is 0 Å². The van der Waals surface area contributed by atoms with E-state index >= 15 is 0 Å². The molecule has 0 aliphatic heterocycles. The first-order valence-electron chi connectivity index (χ1n) is 5.32. The molecule has 1 aliphatic carbocycles. The zero-order valence-electron chi connectivity index (χ0n) is 8.62. The van der Waals surface area contributed by atoms with E-state index in [-0.39, 0.29) is 5.92 Å². The van der Waals surface area contributed by atoms with Gasteiger partial charge in [0, 0.05) is 0 Å². The molecule has 0 saturated heterocycles. The quantitative estimate of drug-likeness (QED) is 0.689. The first kappa shape index (κ1) is 10.6. The van der Waals surface area contributed by atoms with E-state index in [4.69, 9.17) is 5.11 Å². The number of carbonyl (C=O) groups is 1. The minimum absolute atomic E-state index is 0.0967. The number of hydrogen-bond donors (Lipinski definition) is 1. The maximum absolute atomic E-state index is 10.9. The molecule has 0 aromatic heterocycles. The van der Waals surface area contributed by atoms with Crippen molar-refractivity contribution >= 4 is 5.97 Å². The zero-order chi connectivity index (χ0) is 9.84. The lowest BCUT2D eigenvalue weighted by Gasteiger charge is -2.13. The first-order chi connectivity index (χ1) is 6.09. The number of hydrogen-bond acceptors (Lipinski definition) is 1. The van der Waals surface area contributed by atoms with Crippen molar-refractivity contribution in [1.82, 2.24) is 0 Å². The van der Waals surface area contributed by atoms with Crippen molar-refractivity contribution in [3.05, 3.63) is 0 Å². The van der Waals surface area contributed by atoms with Gasteiger partial charge in [-0.2, -0.15) is 0 Å². The van der Waals surface area contributed by atoms with E-state index in [1.807, 2.05) is 0 Å². The molecule has 0 heterocycles. The van der Waals surface area contributed by atoms with Gasteiger partial charge in [0.05, 0.1) is 5.92 Å². The number of carboxylic acid groups (broad SMARTS) is 1. The molecule has 0 bridgehead atoms. The Morgan fingerprint density at radius 1 is 1.46 bits per heavy atom. The zero-order valence-corrected chi connectivity index (χ0v) is 8.62. The molecule has 0 aromatic rings. The molecule has 1 atom stereocenters. The van der Waals surface area contributed by atoms with Crippen molar-refractivity contribution in [3.63, 3.8) is 0 Å². The largest absolute Gasteiger partial charge is 0.481 e. The fourth-order valence-corrected chi connectivity index (χ4v) is 1.75. The highest BCUT2D eigenvalue weighted by atomic mass is 16.4. The molecule has 0 radical (unpaired) electrons. The van der Waals surface area contributed by atoms with Gasteiger partial charge in [0.1, 0.15) is 0 Å². The molecule has 1 N–H and O–H groups in total. The molecule has 2 heteroatoms. The minimum atomic E-state index is -0.602. The fraction of sp³-hybridized carbons (Fsp3) is 0.909. The van der Waals surface area contributed by atoms with Gasteiger partial charge in [-0.25, -0.2) is 0 Å². The summed E-state index contributed by atoms with van der Waals surface area (Å²) >= 11 is 0. The predicted octanol–water partition coefficient (Wildman–Crippen LogP) is 2.92. The van der Waals surface area contributed by atoms with Gasteiger partial charge in [-0.1, -0.05) is 26.7 Å². The molecule has 13 heavy (non-hydrogen) atoms. The number of carboxylic acids is 1. The third-order valence-corrected chi connectivity index (χ3v) is 2.73. The Balaban J connectivity index is 2.23. The van der Waals surface area contributed by atoms with Crippen molar-refractivity contribution in [1.29, 1.82) is 0 Å². The van der Waals surface area contributed by atoms with Gasteiger partial charge >= 0.3 is 5.97 Å². The SMILES string of the molecule is CC(C)CC(CCC1CC1)C(=O)O. The van der Waals surface area contributed by atoms with Crippen LogP contribution in [0.3, 0.4) is 0 Å². The van der Waals surface area contributed by atoms with Crippen LogP contribution in [0.1, 0.15) is 46.0 Å². The fourth-order valence-electron chi connectivity index (χ4n) is 1.75. The molecule has 0 spiro atoms. The van der Waals surface area contributed by atoms with E-state index < -0.39 is 5.97 Å². The Hall–Kier alpha value is -0.530. The topological polar surface area (TPSA) is 37.3 Å². The Labute approximate surface area is 80.3 Å². The monoisotopic (exact) mass is 184 g/mol. The van der Waals surface area contributed by atoms with Crippen molar-refractivity contribution in [2.75, 3.05) is 0 Å². The maximum atomic E-state index is 10.9. The Bertz CT molecular complexity index is 171. The molecule has 76 valence electrons. The smallest absolute Gasteiger partial charge is 0.306 e. The average molecular weight is 184 g/mol. The second-order valence-corrected chi connectivity index (χ2v) is 4.69. The van der Waals surface area contributed by atoms with Crippen LogP contribution in [0, 0.1) is 17.8 Å². The normalized spacial score (nSPS) is 19.0. The van der Waals surface area contributed by atoms with Crippen LogP contribution in [0.2, 0.25) is 0 Å². The molecule has 1 saturated carbocycles. The molecule has 1 fully saturated rings. The third-order valence-electron chi connectivity index (χ3n) is 2.73. The number of rotatable bonds is 6.